The molecule has 0 aliphatic heterocycles. The highest BCUT2D eigenvalue weighted by Crippen LogP contribution is 2.17. The van der Waals surface area contributed by atoms with Crippen molar-refractivity contribution in [2.24, 2.45) is 0 Å². The lowest BCUT2D eigenvalue weighted by molar-refractivity contribution is 0.102. The molecule has 0 aliphatic rings. The molecular formula is C21H16ClN3O. The van der Waals surface area contributed by atoms with E-state index in [1.807, 2.05) is 48.5 Å². The number of rotatable bonds is 4. The van der Waals surface area contributed by atoms with Crippen molar-refractivity contribution >= 4 is 34.2 Å². The number of imidazole rings is 1. The Balaban J connectivity index is 1.46. The number of hydrogen-bond acceptors (Lipinski definition) is 2. The highest BCUT2D eigenvalue weighted by molar-refractivity contribution is 6.30. The van der Waals surface area contributed by atoms with Crippen LogP contribution >= 0.6 is 11.6 Å². The Bertz CT molecular complexity index is 1040. The van der Waals surface area contributed by atoms with Crippen molar-refractivity contribution in [3.63, 3.8) is 0 Å². The van der Waals surface area contributed by atoms with Crippen molar-refractivity contribution in [1.29, 1.82) is 0 Å². The van der Waals surface area contributed by atoms with Crippen molar-refractivity contribution in [3.05, 3.63) is 94.8 Å². The van der Waals surface area contributed by atoms with E-state index in [9.17, 15) is 4.79 Å². The first-order valence-corrected chi connectivity index (χ1v) is 8.65. The maximum atomic E-state index is 12.3. The molecule has 0 unspecified atom stereocenters. The smallest absolute Gasteiger partial charge is 0.255 e. The van der Waals surface area contributed by atoms with E-state index in [0.717, 1.165) is 22.4 Å². The van der Waals surface area contributed by atoms with Crippen LogP contribution in [0.2, 0.25) is 5.02 Å². The molecule has 4 aromatic rings. The Kier molecular flexibility index (Phi) is 4.42. The van der Waals surface area contributed by atoms with Gasteiger partial charge in [-0.05, 0) is 48.0 Å². The second-order valence-corrected chi connectivity index (χ2v) is 6.48. The fourth-order valence-corrected chi connectivity index (χ4v) is 3.02. The van der Waals surface area contributed by atoms with E-state index in [-0.39, 0.29) is 5.91 Å². The Morgan fingerprint density at radius 1 is 1.00 bits per heavy atom. The van der Waals surface area contributed by atoms with E-state index in [0.29, 0.717) is 22.7 Å². The number of H-pyrrole nitrogens is 1. The maximum Gasteiger partial charge on any atom is 0.255 e. The number of aromatic nitrogens is 2. The van der Waals surface area contributed by atoms with Crippen LogP contribution in [0.3, 0.4) is 0 Å². The molecule has 2 N–H and O–H groups in total. The number of anilines is 1. The molecule has 0 atom stereocenters. The zero-order valence-electron chi connectivity index (χ0n) is 13.9. The molecule has 0 spiro atoms. The lowest BCUT2D eigenvalue weighted by Gasteiger charge is -2.06. The number of para-hydroxylation sites is 2. The van der Waals surface area contributed by atoms with Gasteiger partial charge in [0.05, 0.1) is 11.0 Å². The summed E-state index contributed by atoms with van der Waals surface area (Å²) in [6, 6.07) is 22.6. The molecule has 4 rings (SSSR count). The highest BCUT2D eigenvalue weighted by atomic mass is 35.5. The van der Waals surface area contributed by atoms with Gasteiger partial charge in [0.1, 0.15) is 5.82 Å². The standard InChI is InChI=1S/C21H16ClN3O/c22-16-4-3-5-17(13-16)23-21(26)15-10-8-14(9-11-15)12-20-24-18-6-1-2-7-19(18)25-20/h1-11,13H,12H2,(H,23,26)(H,24,25). The molecule has 1 heterocycles. The molecule has 0 fully saturated rings. The van der Waals surface area contributed by atoms with Crippen LogP contribution in [-0.4, -0.2) is 15.9 Å². The Morgan fingerprint density at radius 2 is 1.81 bits per heavy atom. The second-order valence-electron chi connectivity index (χ2n) is 6.04. The Labute approximate surface area is 155 Å². The second kappa shape index (κ2) is 7.02. The minimum absolute atomic E-state index is 0.164. The molecule has 3 aromatic carbocycles. The van der Waals surface area contributed by atoms with Crippen LogP contribution in [-0.2, 0) is 6.42 Å². The summed E-state index contributed by atoms with van der Waals surface area (Å²) in [5.74, 6) is 0.741. The van der Waals surface area contributed by atoms with E-state index >= 15 is 0 Å². The highest BCUT2D eigenvalue weighted by Gasteiger charge is 2.08. The van der Waals surface area contributed by atoms with Crippen molar-refractivity contribution in [2.45, 2.75) is 6.42 Å². The summed E-state index contributed by atoms with van der Waals surface area (Å²) in [7, 11) is 0. The zero-order chi connectivity index (χ0) is 17.9. The minimum atomic E-state index is -0.164. The summed E-state index contributed by atoms with van der Waals surface area (Å²) in [6.07, 6.45) is 0.685. The molecule has 0 aliphatic carbocycles. The van der Waals surface area contributed by atoms with Crippen LogP contribution in [0.5, 0.6) is 0 Å². The zero-order valence-corrected chi connectivity index (χ0v) is 14.6. The topological polar surface area (TPSA) is 57.8 Å². The number of benzene rings is 3. The third kappa shape index (κ3) is 3.60. The Morgan fingerprint density at radius 3 is 2.58 bits per heavy atom. The number of nitrogens with zero attached hydrogens (tertiary/aromatic N) is 1. The fourth-order valence-electron chi connectivity index (χ4n) is 2.83. The molecule has 0 radical (unpaired) electrons. The molecule has 0 saturated carbocycles. The van der Waals surface area contributed by atoms with E-state index in [4.69, 9.17) is 11.6 Å². The molecule has 0 saturated heterocycles. The summed E-state index contributed by atoms with van der Waals surface area (Å²) < 4.78 is 0. The van der Waals surface area contributed by atoms with Crippen molar-refractivity contribution in [3.8, 4) is 0 Å². The van der Waals surface area contributed by atoms with E-state index < -0.39 is 0 Å². The monoisotopic (exact) mass is 361 g/mol. The van der Waals surface area contributed by atoms with E-state index in [2.05, 4.69) is 15.3 Å². The van der Waals surface area contributed by atoms with Gasteiger partial charge < -0.3 is 10.3 Å². The first-order valence-electron chi connectivity index (χ1n) is 8.27. The van der Waals surface area contributed by atoms with E-state index in [1.165, 1.54) is 0 Å². The van der Waals surface area contributed by atoms with Gasteiger partial charge in [-0.15, -0.1) is 0 Å². The molecule has 1 amide bonds. The first-order chi connectivity index (χ1) is 12.7. The lowest BCUT2D eigenvalue weighted by Crippen LogP contribution is -2.11. The largest absolute Gasteiger partial charge is 0.342 e. The van der Waals surface area contributed by atoms with Crippen molar-refractivity contribution < 1.29 is 4.79 Å². The van der Waals surface area contributed by atoms with Crippen LogP contribution in [0.1, 0.15) is 21.7 Å². The predicted molar refractivity (Wildman–Crippen MR) is 105 cm³/mol. The first kappa shape index (κ1) is 16.4. The third-order valence-electron chi connectivity index (χ3n) is 4.11. The number of carbonyl (C=O) groups is 1. The molecule has 5 heteroatoms. The van der Waals surface area contributed by atoms with Crippen LogP contribution in [0, 0.1) is 0 Å². The maximum absolute atomic E-state index is 12.3. The molecule has 1 aromatic heterocycles. The summed E-state index contributed by atoms with van der Waals surface area (Å²) in [6.45, 7) is 0. The fraction of sp³-hybridized carbons (Fsp3) is 0.0476. The van der Waals surface area contributed by atoms with Gasteiger partial charge in [0.25, 0.3) is 5.91 Å². The number of nitrogens with one attached hydrogen (secondary N) is 2. The summed E-state index contributed by atoms with van der Waals surface area (Å²) in [4.78, 5) is 20.2. The SMILES string of the molecule is O=C(Nc1cccc(Cl)c1)c1ccc(Cc2nc3ccccc3[nH]2)cc1. The number of carbonyl (C=O) groups excluding carboxylic acids is 1. The van der Waals surface area contributed by atoms with Gasteiger partial charge in [-0.3, -0.25) is 4.79 Å². The van der Waals surface area contributed by atoms with Gasteiger partial charge in [0, 0.05) is 22.7 Å². The molecule has 26 heavy (non-hydrogen) atoms. The van der Waals surface area contributed by atoms with Gasteiger partial charge in [-0.1, -0.05) is 41.9 Å². The van der Waals surface area contributed by atoms with Crippen LogP contribution in [0.15, 0.2) is 72.8 Å². The Hall–Kier alpha value is -3.11. The van der Waals surface area contributed by atoms with E-state index in [1.54, 1.807) is 24.3 Å². The predicted octanol–water partition coefficient (Wildman–Crippen LogP) is 5.06. The molecule has 0 bridgehead atoms. The van der Waals surface area contributed by atoms with Crippen LogP contribution in [0.4, 0.5) is 5.69 Å². The number of fused-ring (bicyclic) bond motifs is 1. The number of hydrogen-bond donors (Lipinski definition) is 2. The van der Waals surface area contributed by atoms with Gasteiger partial charge in [-0.2, -0.15) is 0 Å². The van der Waals surface area contributed by atoms with Crippen LogP contribution in [0.25, 0.3) is 11.0 Å². The summed E-state index contributed by atoms with van der Waals surface area (Å²) >= 11 is 5.94. The van der Waals surface area contributed by atoms with Gasteiger partial charge >= 0.3 is 0 Å². The normalized spacial score (nSPS) is 10.8. The number of aromatic amines is 1. The third-order valence-corrected chi connectivity index (χ3v) is 4.34. The molecular weight excluding hydrogens is 346 g/mol. The number of amides is 1. The van der Waals surface area contributed by atoms with Crippen LogP contribution < -0.4 is 5.32 Å². The average Bonchev–Trinajstić information content (AvgIpc) is 3.04. The average molecular weight is 362 g/mol. The number of halogens is 1. The van der Waals surface area contributed by atoms with Crippen molar-refractivity contribution in [2.75, 3.05) is 5.32 Å². The van der Waals surface area contributed by atoms with Gasteiger partial charge in [0.2, 0.25) is 0 Å². The lowest BCUT2D eigenvalue weighted by atomic mass is 10.1. The van der Waals surface area contributed by atoms with Crippen molar-refractivity contribution in [1.82, 2.24) is 9.97 Å². The quantitative estimate of drug-likeness (QED) is 0.533. The summed E-state index contributed by atoms with van der Waals surface area (Å²) in [5, 5.41) is 3.43. The van der Waals surface area contributed by atoms with Gasteiger partial charge in [0.15, 0.2) is 0 Å². The summed E-state index contributed by atoms with van der Waals surface area (Å²) in [5.41, 5.74) is 4.34. The minimum Gasteiger partial charge on any atom is -0.342 e. The van der Waals surface area contributed by atoms with Gasteiger partial charge in [-0.25, -0.2) is 4.98 Å². The molecule has 128 valence electrons. The molecule has 4 nitrogen and oxygen atoms in total.